The summed E-state index contributed by atoms with van der Waals surface area (Å²) in [4.78, 5) is 15.2. The molecule has 1 aliphatic rings. The molecule has 5 rings (SSSR count). The second-order valence-electron chi connectivity index (χ2n) is 8.02. The number of hydrogen-bond acceptors (Lipinski definition) is 8. The zero-order valence-corrected chi connectivity index (χ0v) is 19.7. The maximum atomic E-state index is 6.35. The Labute approximate surface area is 202 Å². The van der Waals surface area contributed by atoms with Crippen molar-refractivity contribution in [2.45, 2.75) is 18.9 Å². The number of aromatic nitrogens is 4. The summed E-state index contributed by atoms with van der Waals surface area (Å²) < 4.78 is 19.1. The van der Waals surface area contributed by atoms with Crippen LogP contribution in [0.15, 0.2) is 48.9 Å². The predicted octanol–water partition coefficient (Wildman–Crippen LogP) is 4.09. The number of benzene rings is 1. The Hall–Kier alpha value is -3.72. The Morgan fingerprint density at radius 3 is 2.56 bits per heavy atom. The molecule has 0 bridgehead atoms. The van der Waals surface area contributed by atoms with E-state index in [9.17, 15) is 0 Å². The molecule has 0 saturated carbocycles. The molecule has 4 heterocycles. The fourth-order valence-corrected chi connectivity index (χ4v) is 4.40. The summed E-state index contributed by atoms with van der Waals surface area (Å²) in [6.45, 7) is 1.68. The third-order valence-electron chi connectivity index (χ3n) is 5.91. The van der Waals surface area contributed by atoms with E-state index >= 15 is 0 Å². The first-order valence-corrected chi connectivity index (χ1v) is 11.3. The van der Waals surface area contributed by atoms with Crippen molar-refractivity contribution in [2.24, 2.45) is 0 Å². The number of nitrogens with zero attached hydrogens (tertiary/aromatic N) is 5. The van der Waals surface area contributed by atoms with Crippen molar-refractivity contribution in [3.05, 3.63) is 53.9 Å². The van der Waals surface area contributed by atoms with Crippen molar-refractivity contribution >= 4 is 29.0 Å². The molecule has 1 saturated heterocycles. The molecule has 4 aromatic rings. The third kappa shape index (κ3) is 4.38. The molecule has 1 aliphatic heterocycles. The Bertz CT molecular complexity index is 1320. The number of piperidine rings is 1. The molecule has 9 nitrogen and oxygen atoms in total. The highest BCUT2D eigenvalue weighted by Crippen LogP contribution is 2.38. The number of pyridine rings is 1. The number of ether oxygens (including phenoxy) is 3. The average Bonchev–Trinajstić information content (AvgIpc) is 3.27. The van der Waals surface area contributed by atoms with Gasteiger partial charge in [0, 0.05) is 62.2 Å². The highest BCUT2D eigenvalue weighted by Gasteiger charge is 2.22. The van der Waals surface area contributed by atoms with Crippen LogP contribution in [0.2, 0.25) is 5.02 Å². The molecular weight excluding hydrogens is 456 g/mol. The number of nitrogens with two attached hydrogens (primary N) is 1. The molecule has 3 aromatic heterocycles. The van der Waals surface area contributed by atoms with Gasteiger partial charge in [-0.3, -0.25) is 0 Å². The fourth-order valence-electron chi connectivity index (χ4n) is 4.16. The zero-order valence-electron chi connectivity index (χ0n) is 18.9. The molecule has 34 heavy (non-hydrogen) atoms. The van der Waals surface area contributed by atoms with Crippen LogP contribution in [0.5, 0.6) is 17.2 Å². The summed E-state index contributed by atoms with van der Waals surface area (Å²) in [5.74, 6) is 3.12. The lowest BCUT2D eigenvalue weighted by molar-refractivity contribution is 0.170. The molecule has 1 fully saturated rings. The first-order chi connectivity index (χ1) is 16.5. The lowest BCUT2D eigenvalue weighted by Crippen LogP contribution is -2.38. The molecule has 2 N–H and O–H groups in total. The number of rotatable bonds is 6. The molecule has 10 heteroatoms. The van der Waals surface area contributed by atoms with Crippen molar-refractivity contribution in [1.82, 2.24) is 19.4 Å². The maximum absolute atomic E-state index is 6.35. The van der Waals surface area contributed by atoms with Gasteiger partial charge >= 0.3 is 0 Å². The minimum Gasteiger partial charge on any atom is -0.496 e. The van der Waals surface area contributed by atoms with Gasteiger partial charge in [0.05, 0.1) is 24.9 Å². The molecule has 176 valence electrons. The SMILES string of the molecule is COc1cc(OC)c(-c2cn3ccc(OC4CCN(c5ccnc(N)n5)CC4)cc3n2)cc1Cl. The minimum absolute atomic E-state index is 0.118. The highest BCUT2D eigenvalue weighted by atomic mass is 35.5. The Balaban J connectivity index is 1.31. The lowest BCUT2D eigenvalue weighted by Gasteiger charge is -2.32. The Morgan fingerprint density at radius 1 is 1.03 bits per heavy atom. The third-order valence-corrected chi connectivity index (χ3v) is 6.21. The van der Waals surface area contributed by atoms with Gasteiger partial charge in [0.1, 0.15) is 34.8 Å². The Kier molecular flexibility index (Phi) is 6.02. The van der Waals surface area contributed by atoms with Gasteiger partial charge in [-0.2, -0.15) is 4.98 Å². The van der Waals surface area contributed by atoms with E-state index in [0.29, 0.717) is 16.5 Å². The standard InChI is InChI=1S/C24H25ClN6O3/c1-32-20-13-21(33-2)18(25)12-17(20)19-14-31-10-6-16(11-23(31)28-19)34-15-4-8-30(9-5-15)22-3-7-27-24(26)29-22/h3,6-7,10-15H,4-5,8-9H2,1-2H3,(H2,26,27,29). The van der Waals surface area contributed by atoms with E-state index in [1.54, 1.807) is 32.5 Å². The van der Waals surface area contributed by atoms with Crippen molar-refractivity contribution in [3.8, 4) is 28.5 Å². The number of imidazole rings is 1. The highest BCUT2D eigenvalue weighted by molar-refractivity contribution is 6.32. The van der Waals surface area contributed by atoms with E-state index < -0.39 is 0 Å². The summed E-state index contributed by atoms with van der Waals surface area (Å²) in [6.07, 6.45) is 7.45. The average molecular weight is 481 g/mol. The largest absolute Gasteiger partial charge is 0.496 e. The fraction of sp³-hybridized carbons (Fsp3) is 0.292. The number of anilines is 2. The number of fused-ring (bicyclic) bond motifs is 1. The van der Waals surface area contributed by atoms with Gasteiger partial charge in [-0.15, -0.1) is 0 Å². The van der Waals surface area contributed by atoms with Gasteiger partial charge in [0.2, 0.25) is 5.95 Å². The van der Waals surface area contributed by atoms with Crippen molar-refractivity contribution in [2.75, 3.05) is 37.9 Å². The predicted molar refractivity (Wildman–Crippen MR) is 131 cm³/mol. The first-order valence-electron chi connectivity index (χ1n) is 10.9. The lowest BCUT2D eigenvalue weighted by atomic mass is 10.1. The molecule has 0 atom stereocenters. The van der Waals surface area contributed by atoms with Crippen LogP contribution in [0.25, 0.3) is 16.9 Å². The molecule has 0 aliphatic carbocycles. The van der Waals surface area contributed by atoms with E-state index in [-0.39, 0.29) is 12.1 Å². The van der Waals surface area contributed by atoms with E-state index in [4.69, 9.17) is 36.5 Å². The normalized spacial score (nSPS) is 14.4. The topological polar surface area (TPSA) is 100 Å². The quantitative estimate of drug-likeness (QED) is 0.440. The van der Waals surface area contributed by atoms with Crippen LogP contribution in [0.4, 0.5) is 11.8 Å². The molecule has 1 aromatic carbocycles. The summed E-state index contributed by atoms with van der Waals surface area (Å²) in [5, 5.41) is 0.496. The molecule has 0 unspecified atom stereocenters. The van der Waals surface area contributed by atoms with E-state index in [1.807, 2.05) is 35.0 Å². The summed E-state index contributed by atoms with van der Waals surface area (Å²) in [6, 6.07) is 9.34. The summed E-state index contributed by atoms with van der Waals surface area (Å²) in [7, 11) is 3.18. The van der Waals surface area contributed by atoms with E-state index in [0.717, 1.165) is 54.4 Å². The van der Waals surface area contributed by atoms with Crippen molar-refractivity contribution < 1.29 is 14.2 Å². The van der Waals surface area contributed by atoms with Crippen LogP contribution in [0.3, 0.4) is 0 Å². The molecule has 0 amide bonds. The van der Waals surface area contributed by atoms with Crippen molar-refractivity contribution in [3.63, 3.8) is 0 Å². The van der Waals surface area contributed by atoms with Crippen LogP contribution in [-0.4, -0.2) is 52.8 Å². The zero-order chi connectivity index (χ0) is 23.7. The van der Waals surface area contributed by atoms with Gasteiger partial charge in [0.15, 0.2) is 0 Å². The van der Waals surface area contributed by atoms with Gasteiger partial charge < -0.3 is 29.2 Å². The van der Waals surface area contributed by atoms with Gasteiger partial charge in [-0.1, -0.05) is 11.6 Å². The maximum Gasteiger partial charge on any atom is 0.221 e. The van der Waals surface area contributed by atoms with E-state index in [2.05, 4.69) is 14.9 Å². The number of methoxy groups -OCH3 is 2. The van der Waals surface area contributed by atoms with Crippen LogP contribution in [0, 0.1) is 0 Å². The minimum atomic E-state index is 0.118. The summed E-state index contributed by atoms with van der Waals surface area (Å²) >= 11 is 6.35. The van der Waals surface area contributed by atoms with Crippen LogP contribution >= 0.6 is 11.6 Å². The van der Waals surface area contributed by atoms with Crippen LogP contribution in [-0.2, 0) is 0 Å². The Morgan fingerprint density at radius 2 is 1.82 bits per heavy atom. The number of halogens is 1. The first kappa shape index (κ1) is 22.1. The smallest absolute Gasteiger partial charge is 0.221 e. The van der Waals surface area contributed by atoms with Crippen molar-refractivity contribution in [1.29, 1.82) is 0 Å². The monoisotopic (exact) mass is 480 g/mol. The number of hydrogen-bond donors (Lipinski definition) is 1. The van der Waals surface area contributed by atoms with Gasteiger partial charge in [-0.05, 0) is 18.2 Å². The molecule has 0 spiro atoms. The van der Waals surface area contributed by atoms with E-state index in [1.165, 1.54) is 0 Å². The van der Waals surface area contributed by atoms with Crippen LogP contribution < -0.4 is 24.8 Å². The summed E-state index contributed by atoms with van der Waals surface area (Å²) in [5.41, 5.74) is 8.02. The number of nitrogen functional groups attached to an aromatic ring is 1. The second-order valence-corrected chi connectivity index (χ2v) is 8.43. The van der Waals surface area contributed by atoms with Gasteiger partial charge in [-0.25, -0.2) is 9.97 Å². The molecular formula is C24H25ClN6O3. The molecule has 0 radical (unpaired) electrons. The second kappa shape index (κ2) is 9.26. The van der Waals surface area contributed by atoms with Crippen LogP contribution in [0.1, 0.15) is 12.8 Å². The van der Waals surface area contributed by atoms with Gasteiger partial charge in [0.25, 0.3) is 0 Å².